The molecule has 0 aromatic heterocycles. The Morgan fingerprint density at radius 2 is 2.06 bits per heavy atom. The van der Waals surface area contributed by atoms with E-state index in [0.717, 1.165) is 18.4 Å². The maximum Gasteiger partial charge on any atom is 0.171 e. The molecule has 88 valence electrons. The Morgan fingerprint density at radius 3 is 2.75 bits per heavy atom. The summed E-state index contributed by atoms with van der Waals surface area (Å²) in [5.41, 5.74) is 1.15. The molecule has 1 rings (SSSR count). The summed E-state index contributed by atoms with van der Waals surface area (Å²) >= 11 is 0. The first kappa shape index (κ1) is 13.4. The van der Waals surface area contributed by atoms with Crippen LogP contribution in [0.4, 0.5) is 0 Å². The number of unbranched alkanes of at least 4 members (excludes halogenated alkanes) is 1. The van der Waals surface area contributed by atoms with Crippen LogP contribution >= 0.6 is 8.38 Å². The van der Waals surface area contributed by atoms with Crippen LogP contribution in [0.25, 0.3) is 6.08 Å². The second kappa shape index (κ2) is 8.46. The van der Waals surface area contributed by atoms with E-state index in [1.807, 2.05) is 42.5 Å². The lowest BCUT2D eigenvalue weighted by Crippen LogP contribution is -1.90. The van der Waals surface area contributed by atoms with Gasteiger partial charge in [0.1, 0.15) is 0 Å². The van der Waals surface area contributed by atoms with Gasteiger partial charge in [-0.3, -0.25) is 0 Å². The molecule has 0 spiro atoms. The van der Waals surface area contributed by atoms with E-state index >= 15 is 0 Å². The molecule has 0 aliphatic carbocycles. The number of hydrogen-bond donors (Lipinski definition) is 1. The monoisotopic (exact) mass is 238 g/mol. The van der Waals surface area contributed by atoms with Crippen molar-refractivity contribution < 1.29 is 9.42 Å². The van der Waals surface area contributed by atoms with Crippen LogP contribution < -0.4 is 0 Å². The Morgan fingerprint density at radius 1 is 1.31 bits per heavy atom. The molecular formula is C13H19O2P. The zero-order valence-corrected chi connectivity index (χ0v) is 10.6. The second-order valence-corrected chi connectivity index (χ2v) is 4.86. The third kappa shape index (κ3) is 6.02. The van der Waals surface area contributed by atoms with E-state index in [4.69, 9.17) is 4.52 Å². The zero-order chi connectivity index (χ0) is 11.6. The molecule has 0 aliphatic rings. The van der Waals surface area contributed by atoms with Gasteiger partial charge in [0.15, 0.2) is 8.38 Å². The van der Waals surface area contributed by atoms with Gasteiger partial charge in [-0.1, -0.05) is 55.8 Å². The molecule has 1 aromatic carbocycles. The molecule has 0 saturated heterocycles. The predicted molar refractivity (Wildman–Crippen MR) is 70.3 cm³/mol. The maximum atomic E-state index is 9.55. The van der Waals surface area contributed by atoms with Gasteiger partial charge in [-0.25, -0.2) is 0 Å². The first-order chi connectivity index (χ1) is 7.83. The molecule has 0 aliphatic heterocycles. The fraction of sp³-hybridized carbons (Fsp3) is 0.385. The number of hydrogen-bond acceptors (Lipinski definition) is 2. The molecular weight excluding hydrogens is 219 g/mol. The normalized spacial score (nSPS) is 13.1. The van der Waals surface area contributed by atoms with E-state index in [1.54, 1.807) is 0 Å². The lowest BCUT2D eigenvalue weighted by atomic mass is 10.2. The van der Waals surface area contributed by atoms with Gasteiger partial charge in [-0.15, -0.1) is 0 Å². The van der Waals surface area contributed by atoms with Crippen LogP contribution in [0.3, 0.4) is 0 Å². The quantitative estimate of drug-likeness (QED) is 0.578. The number of rotatable bonds is 7. The summed E-state index contributed by atoms with van der Waals surface area (Å²) in [6.45, 7) is 2.77. The van der Waals surface area contributed by atoms with Crippen LogP contribution in [0.2, 0.25) is 0 Å². The highest BCUT2D eigenvalue weighted by Crippen LogP contribution is 2.31. The standard InChI is InChI=1S/C13H19O2P/c1-2-3-11-15-16(14)12-7-10-13-8-5-4-6-9-13/h4-10,14H,2-3,11-12H2,1H3/b10-7+. The summed E-state index contributed by atoms with van der Waals surface area (Å²) in [4.78, 5) is 9.55. The summed E-state index contributed by atoms with van der Waals surface area (Å²) in [6.07, 6.45) is 6.69. The molecule has 16 heavy (non-hydrogen) atoms. The first-order valence-corrected chi connectivity index (χ1v) is 7.03. The van der Waals surface area contributed by atoms with Crippen LogP contribution in [0, 0.1) is 0 Å². The van der Waals surface area contributed by atoms with E-state index in [2.05, 4.69) is 6.92 Å². The molecule has 0 heterocycles. The van der Waals surface area contributed by atoms with Crippen LogP contribution in [0.5, 0.6) is 0 Å². The minimum Gasteiger partial charge on any atom is -0.350 e. The van der Waals surface area contributed by atoms with Crippen LogP contribution in [-0.2, 0) is 4.52 Å². The Hall–Kier alpha value is -0.690. The van der Waals surface area contributed by atoms with Gasteiger partial charge in [-0.05, 0) is 12.0 Å². The van der Waals surface area contributed by atoms with E-state index in [9.17, 15) is 4.89 Å². The molecule has 3 heteroatoms. The molecule has 1 atom stereocenters. The van der Waals surface area contributed by atoms with Gasteiger partial charge in [0.2, 0.25) is 0 Å². The molecule has 0 saturated carbocycles. The summed E-state index contributed by atoms with van der Waals surface area (Å²) in [7, 11) is -1.28. The van der Waals surface area contributed by atoms with Crippen molar-refractivity contribution in [3.63, 3.8) is 0 Å². The van der Waals surface area contributed by atoms with Crippen molar-refractivity contribution >= 4 is 14.5 Å². The number of benzene rings is 1. The summed E-state index contributed by atoms with van der Waals surface area (Å²) in [5, 5.41) is 0. The molecule has 2 nitrogen and oxygen atoms in total. The van der Waals surface area contributed by atoms with Crippen molar-refractivity contribution in [3.8, 4) is 0 Å². The van der Waals surface area contributed by atoms with Gasteiger partial charge >= 0.3 is 0 Å². The fourth-order valence-electron chi connectivity index (χ4n) is 1.21. The third-order valence-corrected chi connectivity index (χ3v) is 3.11. The first-order valence-electron chi connectivity index (χ1n) is 5.64. The largest absolute Gasteiger partial charge is 0.350 e. The van der Waals surface area contributed by atoms with Crippen molar-refractivity contribution in [2.24, 2.45) is 0 Å². The van der Waals surface area contributed by atoms with Gasteiger partial charge < -0.3 is 9.42 Å². The summed E-state index contributed by atoms with van der Waals surface area (Å²) in [5.74, 6) is 0. The highest BCUT2D eigenvalue weighted by Gasteiger charge is 2.00. The van der Waals surface area contributed by atoms with Gasteiger partial charge in [-0.2, -0.15) is 0 Å². The number of allylic oxidation sites excluding steroid dienone is 1. The van der Waals surface area contributed by atoms with Crippen molar-refractivity contribution in [1.82, 2.24) is 0 Å². The van der Waals surface area contributed by atoms with Crippen molar-refractivity contribution in [1.29, 1.82) is 0 Å². The summed E-state index contributed by atoms with van der Waals surface area (Å²) < 4.78 is 5.29. The van der Waals surface area contributed by atoms with Crippen LogP contribution in [0.1, 0.15) is 25.3 Å². The Labute approximate surface area is 98.9 Å². The van der Waals surface area contributed by atoms with Gasteiger partial charge in [0.05, 0.1) is 6.61 Å². The fourth-order valence-corrected chi connectivity index (χ4v) is 1.94. The minimum absolute atomic E-state index is 0.605. The molecule has 0 fully saturated rings. The second-order valence-electron chi connectivity index (χ2n) is 3.53. The van der Waals surface area contributed by atoms with E-state index < -0.39 is 8.38 Å². The van der Waals surface area contributed by atoms with Crippen molar-refractivity contribution in [2.45, 2.75) is 19.8 Å². The lowest BCUT2D eigenvalue weighted by Gasteiger charge is -2.07. The SMILES string of the molecule is CCCCOP(O)C/C=C/c1ccccc1. The topological polar surface area (TPSA) is 29.5 Å². The highest BCUT2D eigenvalue weighted by atomic mass is 31.2. The highest BCUT2D eigenvalue weighted by molar-refractivity contribution is 7.46. The summed E-state index contributed by atoms with van der Waals surface area (Å²) in [6, 6.07) is 10.1. The maximum absolute atomic E-state index is 9.55. The average molecular weight is 238 g/mol. The zero-order valence-electron chi connectivity index (χ0n) is 9.67. The molecule has 0 bridgehead atoms. The molecule has 1 N–H and O–H groups in total. The lowest BCUT2D eigenvalue weighted by molar-refractivity contribution is 0.304. The Bertz CT molecular complexity index is 298. The molecule has 1 aromatic rings. The van der Waals surface area contributed by atoms with Crippen molar-refractivity contribution in [3.05, 3.63) is 42.0 Å². The predicted octanol–water partition coefficient (Wildman–Crippen LogP) is 3.82. The van der Waals surface area contributed by atoms with Gasteiger partial charge in [0.25, 0.3) is 0 Å². The van der Waals surface area contributed by atoms with E-state index in [0.29, 0.717) is 12.8 Å². The molecule has 1 unspecified atom stereocenters. The Kier molecular flexibility index (Phi) is 7.07. The average Bonchev–Trinajstić information content (AvgIpc) is 2.31. The van der Waals surface area contributed by atoms with Gasteiger partial charge in [0, 0.05) is 6.16 Å². The van der Waals surface area contributed by atoms with Crippen molar-refractivity contribution in [2.75, 3.05) is 12.8 Å². The van der Waals surface area contributed by atoms with Crippen LogP contribution in [0.15, 0.2) is 36.4 Å². The Balaban J connectivity index is 2.21. The minimum atomic E-state index is -1.28. The smallest absolute Gasteiger partial charge is 0.171 e. The molecule has 0 radical (unpaired) electrons. The third-order valence-electron chi connectivity index (χ3n) is 2.11. The van der Waals surface area contributed by atoms with E-state index in [-0.39, 0.29) is 0 Å². The van der Waals surface area contributed by atoms with E-state index in [1.165, 1.54) is 0 Å². The molecule has 0 amide bonds. The van der Waals surface area contributed by atoms with Crippen LogP contribution in [-0.4, -0.2) is 17.7 Å².